The van der Waals surface area contributed by atoms with E-state index in [-0.39, 0.29) is 5.91 Å². The second kappa shape index (κ2) is 4.55. The SMILES string of the molecule is Cc1nc2ccc(CN(C)C(=O)CO)cc2o1. The molecule has 1 amide bonds. The van der Waals surface area contributed by atoms with Crippen LogP contribution in [0.3, 0.4) is 0 Å². The van der Waals surface area contributed by atoms with E-state index in [0.29, 0.717) is 18.0 Å². The van der Waals surface area contributed by atoms with Crippen LogP contribution in [0.25, 0.3) is 11.1 Å². The van der Waals surface area contributed by atoms with Crippen LogP contribution in [0.1, 0.15) is 11.5 Å². The molecule has 2 rings (SSSR count). The molecule has 0 saturated heterocycles. The lowest BCUT2D eigenvalue weighted by atomic mass is 10.2. The molecule has 2 aromatic rings. The molecule has 5 nitrogen and oxygen atoms in total. The summed E-state index contributed by atoms with van der Waals surface area (Å²) in [4.78, 5) is 16.9. The van der Waals surface area contributed by atoms with Gasteiger partial charge in [-0.3, -0.25) is 4.79 Å². The van der Waals surface area contributed by atoms with Crippen LogP contribution in [0.5, 0.6) is 0 Å². The van der Waals surface area contributed by atoms with Gasteiger partial charge in [-0.05, 0) is 17.7 Å². The molecular weight excluding hydrogens is 220 g/mol. The van der Waals surface area contributed by atoms with Gasteiger partial charge in [0.05, 0.1) is 0 Å². The highest BCUT2D eigenvalue weighted by atomic mass is 16.3. The minimum absolute atomic E-state index is 0.307. The average Bonchev–Trinajstić information content (AvgIpc) is 2.67. The molecular formula is C12H14N2O3. The van der Waals surface area contributed by atoms with E-state index in [1.165, 1.54) is 4.90 Å². The van der Waals surface area contributed by atoms with Crippen molar-refractivity contribution in [3.63, 3.8) is 0 Å². The molecule has 1 aromatic carbocycles. The van der Waals surface area contributed by atoms with Gasteiger partial charge in [-0.2, -0.15) is 0 Å². The zero-order valence-electron chi connectivity index (χ0n) is 9.80. The molecule has 0 spiro atoms. The summed E-state index contributed by atoms with van der Waals surface area (Å²) in [7, 11) is 1.65. The number of amides is 1. The van der Waals surface area contributed by atoms with Crippen molar-refractivity contribution in [3.05, 3.63) is 29.7 Å². The van der Waals surface area contributed by atoms with Gasteiger partial charge in [0, 0.05) is 20.5 Å². The van der Waals surface area contributed by atoms with Crippen LogP contribution < -0.4 is 0 Å². The number of fused-ring (bicyclic) bond motifs is 1. The maximum atomic E-state index is 11.2. The maximum Gasteiger partial charge on any atom is 0.248 e. The molecule has 0 atom stereocenters. The molecule has 17 heavy (non-hydrogen) atoms. The number of rotatable bonds is 3. The van der Waals surface area contributed by atoms with E-state index in [4.69, 9.17) is 9.52 Å². The van der Waals surface area contributed by atoms with Gasteiger partial charge in [0.2, 0.25) is 5.91 Å². The number of aliphatic hydroxyl groups is 1. The lowest BCUT2D eigenvalue weighted by Crippen LogP contribution is -2.28. The first-order valence-corrected chi connectivity index (χ1v) is 5.31. The van der Waals surface area contributed by atoms with Crippen molar-refractivity contribution in [2.24, 2.45) is 0 Å². The summed E-state index contributed by atoms with van der Waals surface area (Å²) in [6.07, 6.45) is 0. The first-order chi connectivity index (χ1) is 8.10. The smallest absolute Gasteiger partial charge is 0.248 e. The van der Waals surface area contributed by atoms with Crippen LogP contribution in [0, 0.1) is 6.92 Å². The number of aryl methyl sites for hydroxylation is 1. The van der Waals surface area contributed by atoms with E-state index in [2.05, 4.69) is 4.98 Å². The second-order valence-corrected chi connectivity index (χ2v) is 3.94. The number of aliphatic hydroxyl groups excluding tert-OH is 1. The topological polar surface area (TPSA) is 66.6 Å². The number of likely N-dealkylation sites (N-methyl/N-ethyl adjacent to an activating group) is 1. The summed E-state index contributed by atoms with van der Waals surface area (Å²) in [5, 5.41) is 8.74. The number of oxazole rings is 1. The normalized spacial score (nSPS) is 10.8. The van der Waals surface area contributed by atoms with Gasteiger partial charge in [0.15, 0.2) is 11.5 Å². The Morgan fingerprint density at radius 2 is 2.29 bits per heavy atom. The predicted molar refractivity (Wildman–Crippen MR) is 62.3 cm³/mol. The molecule has 0 unspecified atom stereocenters. The third kappa shape index (κ3) is 2.45. The Balaban J connectivity index is 2.21. The van der Waals surface area contributed by atoms with Crippen LogP contribution in [0.4, 0.5) is 0 Å². The average molecular weight is 234 g/mol. The Morgan fingerprint density at radius 1 is 1.53 bits per heavy atom. The number of benzene rings is 1. The fraction of sp³-hybridized carbons (Fsp3) is 0.333. The van der Waals surface area contributed by atoms with Crippen molar-refractivity contribution in [2.75, 3.05) is 13.7 Å². The fourth-order valence-electron chi connectivity index (χ4n) is 1.67. The zero-order chi connectivity index (χ0) is 12.4. The van der Waals surface area contributed by atoms with E-state index in [9.17, 15) is 4.79 Å². The molecule has 1 aromatic heterocycles. The van der Waals surface area contributed by atoms with Crippen LogP contribution in [0.2, 0.25) is 0 Å². The van der Waals surface area contributed by atoms with E-state index in [1.807, 2.05) is 18.2 Å². The van der Waals surface area contributed by atoms with E-state index in [1.54, 1.807) is 14.0 Å². The summed E-state index contributed by atoms with van der Waals surface area (Å²) in [5.41, 5.74) is 2.46. The molecule has 0 saturated carbocycles. The standard InChI is InChI=1S/C12H14N2O3/c1-8-13-10-4-3-9(5-11(10)17-8)6-14(2)12(16)7-15/h3-5,15H,6-7H2,1-2H3. The molecule has 0 aliphatic rings. The summed E-state index contributed by atoms with van der Waals surface area (Å²) in [5.74, 6) is 0.316. The molecule has 0 radical (unpaired) electrons. The van der Waals surface area contributed by atoms with E-state index >= 15 is 0 Å². The van der Waals surface area contributed by atoms with E-state index in [0.717, 1.165) is 11.1 Å². The minimum Gasteiger partial charge on any atom is -0.441 e. The van der Waals surface area contributed by atoms with Crippen LogP contribution >= 0.6 is 0 Å². The van der Waals surface area contributed by atoms with Gasteiger partial charge in [-0.1, -0.05) is 6.07 Å². The highest BCUT2D eigenvalue weighted by Crippen LogP contribution is 2.17. The summed E-state index contributed by atoms with van der Waals surface area (Å²) < 4.78 is 5.41. The van der Waals surface area contributed by atoms with Gasteiger partial charge in [-0.15, -0.1) is 0 Å². The number of hydrogen-bond donors (Lipinski definition) is 1. The lowest BCUT2D eigenvalue weighted by Gasteiger charge is -2.15. The van der Waals surface area contributed by atoms with Crippen molar-refractivity contribution in [3.8, 4) is 0 Å². The second-order valence-electron chi connectivity index (χ2n) is 3.94. The van der Waals surface area contributed by atoms with Crippen molar-refractivity contribution in [1.82, 2.24) is 9.88 Å². The Hall–Kier alpha value is -1.88. The van der Waals surface area contributed by atoms with E-state index < -0.39 is 6.61 Å². The van der Waals surface area contributed by atoms with Gasteiger partial charge in [0.1, 0.15) is 12.1 Å². The summed E-state index contributed by atoms with van der Waals surface area (Å²) >= 11 is 0. The quantitative estimate of drug-likeness (QED) is 0.863. The minimum atomic E-state index is -0.472. The molecule has 5 heteroatoms. The number of nitrogens with zero attached hydrogens (tertiary/aromatic N) is 2. The third-order valence-corrected chi connectivity index (χ3v) is 2.54. The number of carbonyl (C=O) groups is 1. The van der Waals surface area contributed by atoms with Gasteiger partial charge >= 0.3 is 0 Å². The molecule has 0 bridgehead atoms. The predicted octanol–water partition coefficient (Wildman–Crippen LogP) is 1.09. The Morgan fingerprint density at radius 3 is 3.00 bits per heavy atom. The first kappa shape index (κ1) is 11.6. The monoisotopic (exact) mass is 234 g/mol. The van der Waals surface area contributed by atoms with Gasteiger partial charge < -0.3 is 14.4 Å². The highest BCUT2D eigenvalue weighted by molar-refractivity contribution is 5.77. The highest BCUT2D eigenvalue weighted by Gasteiger charge is 2.09. The van der Waals surface area contributed by atoms with Crippen molar-refractivity contribution in [1.29, 1.82) is 0 Å². The largest absolute Gasteiger partial charge is 0.441 e. The molecule has 90 valence electrons. The lowest BCUT2D eigenvalue weighted by molar-refractivity contribution is -0.133. The molecule has 0 aliphatic carbocycles. The number of carbonyl (C=O) groups excluding carboxylic acids is 1. The summed E-state index contributed by atoms with van der Waals surface area (Å²) in [6, 6.07) is 5.61. The van der Waals surface area contributed by atoms with Crippen molar-refractivity contribution < 1.29 is 14.3 Å². The zero-order valence-corrected chi connectivity index (χ0v) is 9.80. The molecule has 1 heterocycles. The first-order valence-electron chi connectivity index (χ1n) is 5.31. The molecule has 1 N–H and O–H groups in total. The fourth-order valence-corrected chi connectivity index (χ4v) is 1.67. The third-order valence-electron chi connectivity index (χ3n) is 2.54. The maximum absolute atomic E-state index is 11.2. The molecule has 0 aliphatic heterocycles. The Labute approximate surface area is 98.7 Å². The van der Waals surface area contributed by atoms with Crippen LogP contribution in [0.15, 0.2) is 22.6 Å². The van der Waals surface area contributed by atoms with Crippen molar-refractivity contribution >= 4 is 17.0 Å². The number of aromatic nitrogens is 1. The van der Waals surface area contributed by atoms with Gasteiger partial charge in [-0.25, -0.2) is 4.98 Å². The molecule has 0 fully saturated rings. The summed E-state index contributed by atoms with van der Waals surface area (Å²) in [6.45, 7) is 1.76. The van der Waals surface area contributed by atoms with Crippen LogP contribution in [-0.4, -0.2) is 34.6 Å². The van der Waals surface area contributed by atoms with Crippen molar-refractivity contribution in [2.45, 2.75) is 13.5 Å². The van der Waals surface area contributed by atoms with Crippen LogP contribution in [-0.2, 0) is 11.3 Å². The Bertz CT molecular complexity index is 548. The Kier molecular flexibility index (Phi) is 3.10. The van der Waals surface area contributed by atoms with Gasteiger partial charge in [0.25, 0.3) is 0 Å². The number of hydrogen-bond acceptors (Lipinski definition) is 4.